The number of Topliss-reactive ketones (excluding diaryl/α,β-unsaturated/α-hetero) is 1. The molecule has 7 rings (SSSR count). The second-order valence-corrected chi connectivity index (χ2v) is 9.75. The monoisotopic (exact) mass is 412 g/mol. The number of hydrogen-bond donors (Lipinski definition) is 0. The summed E-state index contributed by atoms with van der Waals surface area (Å²) in [5, 5.41) is 2.51. The Morgan fingerprint density at radius 1 is 0.750 bits per heavy atom. The molecule has 3 aliphatic carbocycles. The van der Waals surface area contributed by atoms with Crippen LogP contribution < -0.4 is 0 Å². The van der Waals surface area contributed by atoms with Gasteiger partial charge >= 0.3 is 0 Å². The minimum atomic E-state index is -0.165. The van der Waals surface area contributed by atoms with Gasteiger partial charge in [-0.1, -0.05) is 66.7 Å². The highest BCUT2D eigenvalue weighted by atomic mass is 16.1. The van der Waals surface area contributed by atoms with Gasteiger partial charge in [0.1, 0.15) is 0 Å². The largest absolute Gasteiger partial charge is 0.293 e. The molecule has 3 aliphatic rings. The Hall–Kier alpha value is -3.45. The number of fused-ring (bicyclic) bond motifs is 3. The molecule has 0 radical (unpaired) electrons. The molecule has 1 nitrogen and oxygen atoms in total. The van der Waals surface area contributed by atoms with Crippen molar-refractivity contribution in [2.24, 2.45) is 0 Å². The fraction of sp³-hybridized carbons (Fsp3) is 0.194. The van der Waals surface area contributed by atoms with Crippen LogP contribution in [0.1, 0.15) is 66.7 Å². The number of hydrogen-bond acceptors (Lipinski definition) is 1. The summed E-state index contributed by atoms with van der Waals surface area (Å²) >= 11 is 0. The zero-order chi connectivity index (χ0) is 21.7. The van der Waals surface area contributed by atoms with Crippen molar-refractivity contribution in [3.8, 4) is 0 Å². The molecule has 4 aromatic rings. The highest BCUT2D eigenvalue weighted by molar-refractivity contribution is 6.25. The van der Waals surface area contributed by atoms with E-state index in [0.29, 0.717) is 5.78 Å². The van der Waals surface area contributed by atoms with Crippen LogP contribution in [0.5, 0.6) is 0 Å². The lowest BCUT2D eigenvalue weighted by Crippen LogP contribution is -2.20. The Kier molecular flexibility index (Phi) is 3.44. The fourth-order valence-electron chi connectivity index (χ4n) is 6.93. The summed E-state index contributed by atoms with van der Waals surface area (Å²) in [6.45, 7) is 6.52. The van der Waals surface area contributed by atoms with E-state index in [2.05, 4.69) is 87.5 Å². The van der Waals surface area contributed by atoms with Gasteiger partial charge in [0, 0.05) is 11.5 Å². The first kappa shape index (κ1) is 18.2. The van der Waals surface area contributed by atoms with E-state index in [9.17, 15) is 4.79 Å². The minimum Gasteiger partial charge on any atom is -0.293 e. The lowest BCUT2D eigenvalue weighted by atomic mass is 9.70. The Bertz CT molecular complexity index is 1530. The van der Waals surface area contributed by atoms with Crippen LogP contribution in [0.2, 0.25) is 0 Å². The predicted molar refractivity (Wildman–Crippen MR) is 131 cm³/mol. The van der Waals surface area contributed by atoms with Crippen LogP contribution in [0.3, 0.4) is 0 Å². The average Bonchev–Trinajstić information content (AvgIpc) is 3.30. The van der Waals surface area contributed by atoms with Gasteiger partial charge in [-0.15, -0.1) is 0 Å². The smallest absolute Gasteiger partial charge is 0.175 e. The first-order valence-electron chi connectivity index (χ1n) is 11.5. The van der Waals surface area contributed by atoms with Crippen molar-refractivity contribution < 1.29 is 4.79 Å². The van der Waals surface area contributed by atoms with Gasteiger partial charge in [-0.25, -0.2) is 0 Å². The first-order chi connectivity index (χ1) is 15.6. The maximum absolute atomic E-state index is 14.1. The molecule has 0 aromatic heterocycles. The molecule has 0 amide bonds. The Balaban J connectivity index is 1.66. The van der Waals surface area contributed by atoms with Gasteiger partial charge in [-0.2, -0.15) is 0 Å². The molecule has 1 heteroatoms. The summed E-state index contributed by atoms with van der Waals surface area (Å²) < 4.78 is 0. The summed E-state index contributed by atoms with van der Waals surface area (Å²) in [5.74, 6) is 0.333. The zero-order valence-corrected chi connectivity index (χ0v) is 18.6. The van der Waals surface area contributed by atoms with Gasteiger partial charge in [0.25, 0.3) is 0 Å². The standard InChI is InChI=1S/C31H24O/c1-16-13-17(2)25-29-24(16)18(3)14-22-26(19-9-5-4-6-10-19)23-15-20-11-7-8-12-21(20)27(23)30(28(22)29)31(25)32/h4-14,26,30H,15H2,1-3H3. The highest BCUT2D eigenvalue weighted by Crippen LogP contribution is 2.60. The fourth-order valence-corrected chi connectivity index (χ4v) is 6.93. The molecule has 0 aliphatic heterocycles. The summed E-state index contributed by atoms with van der Waals surface area (Å²) in [6.07, 6.45) is 0.930. The molecule has 0 spiro atoms. The van der Waals surface area contributed by atoms with Gasteiger partial charge in [0.15, 0.2) is 5.78 Å². The molecule has 0 bridgehead atoms. The molecule has 0 heterocycles. The van der Waals surface area contributed by atoms with E-state index in [-0.39, 0.29) is 11.8 Å². The average molecular weight is 413 g/mol. The van der Waals surface area contributed by atoms with Gasteiger partial charge in [-0.3, -0.25) is 4.79 Å². The summed E-state index contributed by atoms with van der Waals surface area (Å²) in [6, 6.07) is 24.2. The van der Waals surface area contributed by atoms with E-state index in [1.165, 1.54) is 60.9 Å². The maximum Gasteiger partial charge on any atom is 0.175 e. The molecule has 4 aromatic carbocycles. The van der Waals surface area contributed by atoms with Crippen molar-refractivity contribution in [3.05, 3.63) is 122 Å². The van der Waals surface area contributed by atoms with Gasteiger partial charge in [-0.05, 0) is 93.6 Å². The molecule has 0 fully saturated rings. The molecular formula is C31H24O. The normalized spacial score (nSPS) is 20.2. The van der Waals surface area contributed by atoms with E-state index in [4.69, 9.17) is 0 Å². The summed E-state index contributed by atoms with van der Waals surface area (Å²) in [7, 11) is 0. The van der Waals surface area contributed by atoms with E-state index >= 15 is 0 Å². The van der Waals surface area contributed by atoms with Gasteiger partial charge in [0.2, 0.25) is 0 Å². The quantitative estimate of drug-likeness (QED) is 0.323. The highest BCUT2D eigenvalue weighted by Gasteiger charge is 2.47. The molecule has 2 unspecified atom stereocenters. The molecule has 0 N–H and O–H groups in total. The number of allylic oxidation sites excluding steroid dienone is 2. The molecule has 32 heavy (non-hydrogen) atoms. The van der Waals surface area contributed by atoms with Crippen molar-refractivity contribution in [2.75, 3.05) is 0 Å². The van der Waals surface area contributed by atoms with Crippen LogP contribution >= 0.6 is 0 Å². The van der Waals surface area contributed by atoms with Gasteiger partial charge in [0.05, 0.1) is 5.92 Å². The number of aryl methyl sites for hydroxylation is 3. The molecule has 0 saturated heterocycles. The third-order valence-corrected chi connectivity index (χ3v) is 7.98. The lowest BCUT2D eigenvalue weighted by molar-refractivity contribution is 0.0985. The second-order valence-electron chi connectivity index (χ2n) is 9.75. The number of ketones is 1. The van der Waals surface area contributed by atoms with Gasteiger partial charge < -0.3 is 0 Å². The van der Waals surface area contributed by atoms with Crippen LogP contribution in [-0.2, 0) is 6.42 Å². The summed E-state index contributed by atoms with van der Waals surface area (Å²) in [4.78, 5) is 14.1. The van der Waals surface area contributed by atoms with E-state index in [1.54, 1.807) is 0 Å². The molecule has 154 valence electrons. The summed E-state index contributed by atoms with van der Waals surface area (Å²) in [5.41, 5.74) is 13.9. The van der Waals surface area contributed by atoms with Crippen LogP contribution in [0.15, 0.2) is 72.3 Å². The van der Waals surface area contributed by atoms with Crippen LogP contribution in [0.25, 0.3) is 16.3 Å². The van der Waals surface area contributed by atoms with Crippen molar-refractivity contribution in [3.63, 3.8) is 0 Å². The predicted octanol–water partition coefficient (Wildman–Crippen LogP) is 7.20. The Labute approximate surface area is 188 Å². The van der Waals surface area contributed by atoms with E-state index in [0.717, 1.165) is 17.5 Å². The number of carbonyl (C=O) groups excluding carboxylic acids is 1. The number of benzene rings is 4. The van der Waals surface area contributed by atoms with Crippen LogP contribution in [-0.4, -0.2) is 5.78 Å². The van der Waals surface area contributed by atoms with Crippen molar-refractivity contribution in [1.29, 1.82) is 0 Å². The Morgan fingerprint density at radius 3 is 2.28 bits per heavy atom. The second kappa shape index (κ2) is 6.07. The number of rotatable bonds is 1. The topological polar surface area (TPSA) is 17.1 Å². The first-order valence-corrected chi connectivity index (χ1v) is 11.5. The van der Waals surface area contributed by atoms with Crippen molar-refractivity contribution in [2.45, 2.75) is 39.0 Å². The van der Waals surface area contributed by atoms with E-state index in [1.807, 2.05) is 0 Å². The third kappa shape index (κ3) is 2.07. The minimum absolute atomic E-state index is 0.165. The van der Waals surface area contributed by atoms with Crippen LogP contribution in [0.4, 0.5) is 0 Å². The molecule has 0 saturated carbocycles. The SMILES string of the molecule is Cc1cc(C)c2c(C)cc3c4c2c1C(=O)C4C1=C(Cc2ccccc21)C3c1ccccc1. The zero-order valence-electron chi connectivity index (χ0n) is 18.6. The van der Waals surface area contributed by atoms with Crippen molar-refractivity contribution in [1.82, 2.24) is 0 Å². The molecular weight excluding hydrogens is 388 g/mol. The number of carbonyl (C=O) groups is 1. The van der Waals surface area contributed by atoms with E-state index < -0.39 is 0 Å². The maximum atomic E-state index is 14.1. The Morgan fingerprint density at radius 2 is 1.47 bits per heavy atom. The molecule has 2 atom stereocenters. The van der Waals surface area contributed by atoms with Crippen LogP contribution in [0, 0.1) is 20.8 Å². The lowest BCUT2D eigenvalue weighted by Gasteiger charge is -2.32. The third-order valence-electron chi connectivity index (χ3n) is 7.98. The van der Waals surface area contributed by atoms with Crippen molar-refractivity contribution >= 4 is 22.1 Å².